The molecule has 2 aliphatic rings. The van der Waals surface area contributed by atoms with Crippen molar-refractivity contribution in [3.05, 3.63) is 48.0 Å². The Hall–Kier alpha value is -1.38. The van der Waals surface area contributed by atoms with Crippen LogP contribution in [0.5, 0.6) is 0 Å². The van der Waals surface area contributed by atoms with Crippen molar-refractivity contribution in [1.82, 2.24) is 10.2 Å². The van der Waals surface area contributed by atoms with Gasteiger partial charge >= 0.3 is 0 Å². The van der Waals surface area contributed by atoms with Gasteiger partial charge in [0.05, 0.1) is 0 Å². The molecular weight excluding hydrogens is 244 g/mol. The summed E-state index contributed by atoms with van der Waals surface area (Å²) in [6, 6.07) is 16.3. The highest BCUT2D eigenvalue weighted by molar-refractivity contribution is 5.82. The van der Waals surface area contributed by atoms with Crippen molar-refractivity contribution >= 4 is 10.8 Å². The molecule has 0 spiro atoms. The highest BCUT2D eigenvalue weighted by atomic mass is 15.2. The molecule has 4 rings (SSSR count). The van der Waals surface area contributed by atoms with Crippen molar-refractivity contribution in [2.45, 2.75) is 19.5 Å². The Balaban J connectivity index is 1.55. The van der Waals surface area contributed by atoms with Gasteiger partial charge in [0.25, 0.3) is 0 Å². The molecule has 2 heterocycles. The predicted octanol–water partition coefficient (Wildman–Crippen LogP) is 2.88. The Kier molecular flexibility index (Phi) is 3.01. The molecule has 0 radical (unpaired) electrons. The largest absolute Gasteiger partial charge is 0.316 e. The minimum absolute atomic E-state index is 0.710. The first-order valence-electron chi connectivity index (χ1n) is 7.74. The van der Waals surface area contributed by atoms with Crippen LogP contribution in [0.1, 0.15) is 12.5 Å². The van der Waals surface area contributed by atoms with E-state index >= 15 is 0 Å². The van der Waals surface area contributed by atoms with Gasteiger partial charge in [0.15, 0.2) is 0 Å². The maximum Gasteiger partial charge on any atom is 0.0237 e. The van der Waals surface area contributed by atoms with Crippen LogP contribution in [0.15, 0.2) is 42.5 Å². The van der Waals surface area contributed by atoms with E-state index in [1.54, 1.807) is 0 Å². The summed E-state index contributed by atoms with van der Waals surface area (Å²) in [6.07, 6.45) is 0. The van der Waals surface area contributed by atoms with E-state index in [2.05, 4.69) is 59.6 Å². The van der Waals surface area contributed by atoms with Crippen LogP contribution < -0.4 is 5.32 Å². The fraction of sp³-hybridized carbons (Fsp3) is 0.444. The molecule has 2 nitrogen and oxygen atoms in total. The zero-order valence-corrected chi connectivity index (χ0v) is 12.0. The van der Waals surface area contributed by atoms with Gasteiger partial charge in [0, 0.05) is 19.1 Å². The van der Waals surface area contributed by atoms with Crippen molar-refractivity contribution in [1.29, 1.82) is 0 Å². The fourth-order valence-electron chi connectivity index (χ4n) is 4.04. The lowest BCUT2D eigenvalue weighted by Gasteiger charge is -2.24. The van der Waals surface area contributed by atoms with Gasteiger partial charge in [-0.15, -0.1) is 0 Å². The van der Waals surface area contributed by atoms with Crippen LogP contribution in [0.4, 0.5) is 0 Å². The lowest BCUT2D eigenvalue weighted by molar-refractivity contribution is 0.231. The topological polar surface area (TPSA) is 15.3 Å². The second kappa shape index (κ2) is 4.87. The van der Waals surface area contributed by atoms with E-state index in [0.29, 0.717) is 6.04 Å². The molecule has 2 aromatic carbocycles. The Morgan fingerprint density at radius 2 is 1.95 bits per heavy atom. The molecule has 2 fully saturated rings. The normalized spacial score (nSPS) is 29.9. The first kappa shape index (κ1) is 12.4. The number of hydrogen-bond acceptors (Lipinski definition) is 2. The number of fused-ring (bicyclic) bond motifs is 2. The summed E-state index contributed by atoms with van der Waals surface area (Å²) in [6.45, 7) is 7.17. The molecule has 3 unspecified atom stereocenters. The van der Waals surface area contributed by atoms with Crippen molar-refractivity contribution < 1.29 is 0 Å². The number of nitrogens with one attached hydrogen (secondary N) is 1. The highest BCUT2D eigenvalue weighted by Gasteiger charge is 2.41. The fourth-order valence-corrected chi connectivity index (χ4v) is 4.04. The summed E-state index contributed by atoms with van der Waals surface area (Å²) in [5, 5.41) is 6.24. The van der Waals surface area contributed by atoms with Gasteiger partial charge in [-0.05, 0) is 54.3 Å². The lowest BCUT2D eigenvalue weighted by Crippen LogP contribution is -2.32. The number of benzene rings is 2. The quantitative estimate of drug-likeness (QED) is 0.899. The Morgan fingerprint density at radius 3 is 2.80 bits per heavy atom. The van der Waals surface area contributed by atoms with Gasteiger partial charge in [-0.3, -0.25) is 4.90 Å². The lowest BCUT2D eigenvalue weighted by atomic mass is 9.95. The van der Waals surface area contributed by atoms with Crippen molar-refractivity contribution in [3.63, 3.8) is 0 Å². The summed E-state index contributed by atoms with van der Waals surface area (Å²) in [5.41, 5.74) is 1.45. The average Bonchev–Trinajstić information content (AvgIpc) is 3.03. The van der Waals surface area contributed by atoms with E-state index in [4.69, 9.17) is 0 Å². The van der Waals surface area contributed by atoms with Gasteiger partial charge in [0.2, 0.25) is 0 Å². The number of likely N-dealkylation sites (tertiary alicyclic amines) is 1. The molecule has 20 heavy (non-hydrogen) atoms. The number of nitrogens with zero attached hydrogens (tertiary/aromatic N) is 1. The van der Waals surface area contributed by atoms with Crippen LogP contribution in [-0.2, 0) is 6.54 Å². The van der Waals surface area contributed by atoms with E-state index in [-0.39, 0.29) is 0 Å². The van der Waals surface area contributed by atoms with E-state index < -0.39 is 0 Å². The Bertz CT molecular complexity index is 622. The van der Waals surface area contributed by atoms with Gasteiger partial charge in [-0.1, -0.05) is 36.4 Å². The molecule has 2 saturated heterocycles. The third-order valence-electron chi connectivity index (χ3n) is 5.26. The maximum absolute atomic E-state index is 3.54. The first-order chi connectivity index (χ1) is 9.81. The minimum atomic E-state index is 0.710. The molecule has 2 aromatic rings. The van der Waals surface area contributed by atoms with E-state index in [1.807, 2.05) is 0 Å². The van der Waals surface area contributed by atoms with Gasteiger partial charge in [-0.25, -0.2) is 0 Å². The van der Waals surface area contributed by atoms with Crippen molar-refractivity contribution in [2.24, 2.45) is 11.8 Å². The summed E-state index contributed by atoms with van der Waals surface area (Å²) in [7, 11) is 0. The summed E-state index contributed by atoms with van der Waals surface area (Å²) < 4.78 is 0. The molecule has 0 saturated carbocycles. The SMILES string of the molecule is CC1C2CNCC2CN1Cc1ccc2ccccc2c1. The molecule has 0 aromatic heterocycles. The average molecular weight is 266 g/mol. The molecule has 0 aliphatic carbocycles. The van der Waals surface area contributed by atoms with Gasteiger partial charge in [0.1, 0.15) is 0 Å². The van der Waals surface area contributed by atoms with Crippen LogP contribution in [0.3, 0.4) is 0 Å². The standard InChI is InChI=1S/C18H22N2/c1-13-18-10-19-9-17(18)12-20(13)11-14-6-7-15-4-2-3-5-16(15)8-14/h2-8,13,17-19H,9-12H2,1H3. The molecule has 104 valence electrons. The van der Waals surface area contributed by atoms with Crippen LogP contribution in [0, 0.1) is 11.8 Å². The zero-order chi connectivity index (χ0) is 13.5. The predicted molar refractivity (Wildman–Crippen MR) is 83.7 cm³/mol. The zero-order valence-electron chi connectivity index (χ0n) is 12.0. The van der Waals surface area contributed by atoms with Crippen molar-refractivity contribution in [2.75, 3.05) is 19.6 Å². The third-order valence-corrected chi connectivity index (χ3v) is 5.26. The molecule has 0 bridgehead atoms. The van der Waals surface area contributed by atoms with Crippen LogP contribution >= 0.6 is 0 Å². The molecule has 1 N–H and O–H groups in total. The van der Waals surface area contributed by atoms with E-state index in [0.717, 1.165) is 18.4 Å². The number of rotatable bonds is 2. The van der Waals surface area contributed by atoms with Gasteiger partial charge in [-0.2, -0.15) is 0 Å². The van der Waals surface area contributed by atoms with Crippen LogP contribution in [0.2, 0.25) is 0 Å². The summed E-state index contributed by atoms with van der Waals surface area (Å²) in [5.74, 6) is 1.72. The molecular formula is C18H22N2. The smallest absolute Gasteiger partial charge is 0.0237 e. The molecule has 2 aliphatic heterocycles. The third kappa shape index (κ3) is 2.04. The summed E-state index contributed by atoms with van der Waals surface area (Å²) >= 11 is 0. The van der Waals surface area contributed by atoms with Crippen LogP contribution in [-0.4, -0.2) is 30.6 Å². The maximum atomic E-state index is 3.54. The Labute approximate surface area is 120 Å². The van der Waals surface area contributed by atoms with Gasteiger partial charge < -0.3 is 5.32 Å². The second-order valence-electron chi connectivity index (χ2n) is 6.43. The summed E-state index contributed by atoms with van der Waals surface area (Å²) in [4.78, 5) is 2.67. The molecule has 3 atom stereocenters. The Morgan fingerprint density at radius 1 is 1.10 bits per heavy atom. The van der Waals surface area contributed by atoms with Crippen molar-refractivity contribution in [3.8, 4) is 0 Å². The molecule has 0 amide bonds. The monoisotopic (exact) mass is 266 g/mol. The minimum Gasteiger partial charge on any atom is -0.316 e. The highest BCUT2D eigenvalue weighted by Crippen LogP contribution is 2.33. The number of hydrogen-bond donors (Lipinski definition) is 1. The van der Waals surface area contributed by atoms with Crippen LogP contribution in [0.25, 0.3) is 10.8 Å². The van der Waals surface area contributed by atoms with E-state index in [9.17, 15) is 0 Å². The second-order valence-corrected chi connectivity index (χ2v) is 6.43. The van der Waals surface area contributed by atoms with E-state index in [1.165, 1.54) is 36.0 Å². The molecule has 2 heteroatoms. The first-order valence-corrected chi connectivity index (χ1v) is 7.74.